The van der Waals surface area contributed by atoms with Crippen LogP contribution in [-0.2, 0) is 16.0 Å². The molecule has 1 aromatic carbocycles. The number of aliphatic carboxylic acids is 2. The van der Waals surface area contributed by atoms with E-state index in [4.69, 9.17) is 15.0 Å². The SMILES string of the molecule is CC(=O)O.O=C(O)CCCc1cccc(Br)c1. The van der Waals surface area contributed by atoms with Crippen molar-refractivity contribution in [1.29, 1.82) is 0 Å². The second-order valence-corrected chi connectivity index (χ2v) is 4.31. The second-order valence-electron chi connectivity index (χ2n) is 3.40. The number of carboxylic acid groups (broad SMARTS) is 2. The molecular weight excluding hydrogens is 288 g/mol. The summed E-state index contributed by atoms with van der Waals surface area (Å²) >= 11 is 3.37. The molecule has 1 rings (SSSR count). The third-order valence-corrected chi connectivity index (χ3v) is 2.24. The van der Waals surface area contributed by atoms with Crippen LogP contribution >= 0.6 is 15.9 Å². The summed E-state index contributed by atoms with van der Waals surface area (Å²) in [7, 11) is 0. The van der Waals surface area contributed by atoms with Crippen LogP contribution in [0.5, 0.6) is 0 Å². The molecule has 1 aromatic rings. The molecule has 0 saturated heterocycles. The molecule has 94 valence electrons. The van der Waals surface area contributed by atoms with Gasteiger partial charge < -0.3 is 10.2 Å². The summed E-state index contributed by atoms with van der Waals surface area (Å²) < 4.78 is 1.04. The van der Waals surface area contributed by atoms with E-state index in [1.807, 2.05) is 24.3 Å². The fraction of sp³-hybridized carbons (Fsp3) is 0.333. The highest BCUT2D eigenvalue weighted by atomic mass is 79.9. The van der Waals surface area contributed by atoms with Gasteiger partial charge in [-0.2, -0.15) is 0 Å². The van der Waals surface area contributed by atoms with Crippen molar-refractivity contribution in [1.82, 2.24) is 0 Å². The molecule has 0 bridgehead atoms. The minimum atomic E-state index is -0.833. The van der Waals surface area contributed by atoms with Gasteiger partial charge in [0, 0.05) is 17.8 Å². The molecule has 0 spiro atoms. The first-order valence-electron chi connectivity index (χ1n) is 5.07. The van der Waals surface area contributed by atoms with Crippen LogP contribution in [-0.4, -0.2) is 22.2 Å². The van der Waals surface area contributed by atoms with Gasteiger partial charge in [-0.05, 0) is 30.5 Å². The van der Waals surface area contributed by atoms with Gasteiger partial charge in [-0.3, -0.25) is 9.59 Å². The van der Waals surface area contributed by atoms with E-state index in [0.717, 1.165) is 17.8 Å². The Labute approximate surface area is 108 Å². The Bertz CT molecular complexity index is 373. The highest BCUT2D eigenvalue weighted by Crippen LogP contribution is 2.13. The Kier molecular flexibility index (Phi) is 8.05. The van der Waals surface area contributed by atoms with Crippen molar-refractivity contribution in [3.63, 3.8) is 0 Å². The summed E-state index contributed by atoms with van der Waals surface area (Å²) in [5.41, 5.74) is 1.18. The molecule has 2 N–H and O–H groups in total. The van der Waals surface area contributed by atoms with Crippen LogP contribution in [0.4, 0.5) is 0 Å². The maximum absolute atomic E-state index is 10.2. The molecular formula is C12H15BrO4. The third-order valence-electron chi connectivity index (χ3n) is 1.75. The number of carbonyl (C=O) groups is 2. The van der Waals surface area contributed by atoms with Crippen LogP contribution in [0.1, 0.15) is 25.3 Å². The van der Waals surface area contributed by atoms with Crippen LogP contribution < -0.4 is 0 Å². The van der Waals surface area contributed by atoms with Crippen molar-refractivity contribution in [3.05, 3.63) is 34.3 Å². The molecule has 0 atom stereocenters. The van der Waals surface area contributed by atoms with Crippen LogP contribution in [0.15, 0.2) is 28.7 Å². The van der Waals surface area contributed by atoms with E-state index in [1.54, 1.807) is 0 Å². The summed E-state index contributed by atoms with van der Waals surface area (Å²) in [5.74, 6) is -1.56. The zero-order valence-corrected chi connectivity index (χ0v) is 11.1. The van der Waals surface area contributed by atoms with Gasteiger partial charge in [0.15, 0.2) is 0 Å². The third kappa shape index (κ3) is 10.9. The monoisotopic (exact) mass is 302 g/mol. The number of aryl methyl sites for hydroxylation is 1. The van der Waals surface area contributed by atoms with Gasteiger partial charge in [-0.25, -0.2) is 0 Å². The van der Waals surface area contributed by atoms with Crippen molar-refractivity contribution >= 4 is 27.9 Å². The van der Waals surface area contributed by atoms with Crippen molar-refractivity contribution in [2.24, 2.45) is 0 Å². The lowest BCUT2D eigenvalue weighted by molar-refractivity contribution is -0.137. The molecule has 0 aliphatic heterocycles. The molecule has 0 radical (unpaired) electrons. The van der Waals surface area contributed by atoms with Crippen molar-refractivity contribution < 1.29 is 19.8 Å². The zero-order valence-electron chi connectivity index (χ0n) is 9.52. The van der Waals surface area contributed by atoms with E-state index in [2.05, 4.69) is 15.9 Å². The molecule has 0 aliphatic carbocycles. The molecule has 4 nitrogen and oxygen atoms in total. The Balaban J connectivity index is 0.000000557. The first kappa shape index (κ1) is 15.6. The molecule has 0 unspecified atom stereocenters. The fourth-order valence-corrected chi connectivity index (χ4v) is 1.58. The van der Waals surface area contributed by atoms with Gasteiger partial charge in [0.25, 0.3) is 5.97 Å². The van der Waals surface area contributed by atoms with Gasteiger partial charge in [0.1, 0.15) is 0 Å². The van der Waals surface area contributed by atoms with E-state index in [9.17, 15) is 4.79 Å². The first-order chi connectivity index (χ1) is 7.91. The number of carboxylic acids is 2. The summed E-state index contributed by atoms with van der Waals surface area (Å²) in [6, 6.07) is 7.94. The largest absolute Gasteiger partial charge is 0.481 e. The van der Waals surface area contributed by atoms with E-state index in [1.165, 1.54) is 5.56 Å². The van der Waals surface area contributed by atoms with Crippen molar-refractivity contribution in [2.75, 3.05) is 0 Å². The van der Waals surface area contributed by atoms with Crippen LogP contribution in [0.2, 0.25) is 0 Å². The maximum atomic E-state index is 10.2. The highest BCUT2D eigenvalue weighted by Gasteiger charge is 1.98. The molecule has 0 aliphatic rings. The predicted molar refractivity (Wildman–Crippen MR) is 68.0 cm³/mol. The predicted octanol–water partition coefficient (Wildman–Crippen LogP) is 2.95. The number of benzene rings is 1. The van der Waals surface area contributed by atoms with Gasteiger partial charge in [0.05, 0.1) is 0 Å². The van der Waals surface area contributed by atoms with E-state index < -0.39 is 11.9 Å². The average molecular weight is 303 g/mol. The molecule has 0 heterocycles. The fourth-order valence-electron chi connectivity index (χ4n) is 1.14. The van der Waals surface area contributed by atoms with E-state index in [-0.39, 0.29) is 6.42 Å². The van der Waals surface area contributed by atoms with E-state index in [0.29, 0.717) is 6.42 Å². The Morgan fingerprint density at radius 1 is 1.29 bits per heavy atom. The smallest absolute Gasteiger partial charge is 0.303 e. The summed E-state index contributed by atoms with van der Waals surface area (Å²) in [6.07, 6.45) is 1.77. The lowest BCUT2D eigenvalue weighted by Gasteiger charge is -1.99. The summed E-state index contributed by atoms with van der Waals surface area (Å²) in [5, 5.41) is 15.9. The van der Waals surface area contributed by atoms with E-state index >= 15 is 0 Å². The standard InChI is InChI=1S/C10H11BrO2.C2H4O2/c11-9-5-1-3-8(7-9)4-2-6-10(12)13;1-2(3)4/h1,3,5,7H,2,4,6H2,(H,12,13);1H3,(H,3,4). The highest BCUT2D eigenvalue weighted by molar-refractivity contribution is 9.10. The van der Waals surface area contributed by atoms with Crippen molar-refractivity contribution in [3.8, 4) is 0 Å². The maximum Gasteiger partial charge on any atom is 0.303 e. The molecule has 0 fully saturated rings. The summed E-state index contributed by atoms with van der Waals surface area (Å²) in [6.45, 7) is 1.08. The molecule has 17 heavy (non-hydrogen) atoms. The topological polar surface area (TPSA) is 74.6 Å². The zero-order chi connectivity index (χ0) is 13.3. The lowest BCUT2D eigenvalue weighted by atomic mass is 10.1. The minimum Gasteiger partial charge on any atom is -0.481 e. The number of halogens is 1. The van der Waals surface area contributed by atoms with Gasteiger partial charge in [-0.15, -0.1) is 0 Å². The van der Waals surface area contributed by atoms with Gasteiger partial charge in [0.2, 0.25) is 0 Å². The summed E-state index contributed by atoms with van der Waals surface area (Å²) in [4.78, 5) is 19.2. The molecule has 0 saturated carbocycles. The first-order valence-corrected chi connectivity index (χ1v) is 5.87. The Morgan fingerprint density at radius 2 is 1.88 bits per heavy atom. The Morgan fingerprint density at radius 3 is 2.35 bits per heavy atom. The molecule has 0 aromatic heterocycles. The number of rotatable bonds is 4. The second kappa shape index (κ2) is 8.75. The molecule has 5 heteroatoms. The quantitative estimate of drug-likeness (QED) is 0.896. The van der Waals surface area contributed by atoms with Crippen LogP contribution in [0.3, 0.4) is 0 Å². The van der Waals surface area contributed by atoms with Gasteiger partial charge >= 0.3 is 5.97 Å². The van der Waals surface area contributed by atoms with Crippen molar-refractivity contribution in [2.45, 2.75) is 26.2 Å². The Hall–Kier alpha value is -1.36. The normalized spacial score (nSPS) is 9.06. The molecule has 0 amide bonds. The lowest BCUT2D eigenvalue weighted by Crippen LogP contribution is -1.95. The van der Waals surface area contributed by atoms with Crippen LogP contribution in [0, 0.1) is 0 Å². The minimum absolute atomic E-state index is 0.243. The number of hydrogen-bond donors (Lipinski definition) is 2. The average Bonchev–Trinajstić information content (AvgIpc) is 2.16. The van der Waals surface area contributed by atoms with Crippen LogP contribution in [0.25, 0.3) is 0 Å². The number of hydrogen-bond acceptors (Lipinski definition) is 2. The van der Waals surface area contributed by atoms with Gasteiger partial charge in [-0.1, -0.05) is 28.1 Å².